The van der Waals surface area contributed by atoms with Gasteiger partial charge in [0, 0.05) is 19.3 Å². The van der Waals surface area contributed by atoms with Crippen LogP contribution in [0.5, 0.6) is 0 Å². The van der Waals surface area contributed by atoms with Crippen LogP contribution >= 0.6 is 11.6 Å². The second-order valence-electron chi connectivity index (χ2n) is 4.68. The summed E-state index contributed by atoms with van der Waals surface area (Å²) in [6.45, 7) is 2.67. The summed E-state index contributed by atoms with van der Waals surface area (Å²) >= 11 is 6.32. The van der Waals surface area contributed by atoms with Gasteiger partial charge in [0.15, 0.2) is 0 Å². The number of nitrogens with zero attached hydrogens (tertiary/aromatic N) is 2. The molecule has 0 spiro atoms. The van der Waals surface area contributed by atoms with Crippen LogP contribution in [0.3, 0.4) is 0 Å². The van der Waals surface area contributed by atoms with Crippen molar-refractivity contribution < 1.29 is 0 Å². The number of aromatic nitrogens is 1. The molecule has 1 aromatic heterocycles. The fourth-order valence-electron chi connectivity index (χ4n) is 1.94. The molecule has 0 unspecified atom stereocenters. The van der Waals surface area contributed by atoms with E-state index in [4.69, 9.17) is 17.3 Å². The van der Waals surface area contributed by atoms with E-state index in [9.17, 15) is 0 Å². The number of rotatable bonds is 4. The summed E-state index contributed by atoms with van der Waals surface area (Å²) in [6.07, 6.45) is 1.80. The summed E-state index contributed by atoms with van der Waals surface area (Å²) in [4.78, 5) is 6.39. The molecule has 19 heavy (non-hydrogen) atoms. The Morgan fingerprint density at radius 1 is 1.32 bits per heavy atom. The summed E-state index contributed by atoms with van der Waals surface area (Å²) in [7, 11) is 2.00. The van der Waals surface area contributed by atoms with Crippen LogP contribution in [0.25, 0.3) is 0 Å². The van der Waals surface area contributed by atoms with Gasteiger partial charge in [-0.15, -0.1) is 0 Å². The molecule has 0 aliphatic rings. The van der Waals surface area contributed by atoms with E-state index in [0.717, 1.165) is 23.5 Å². The van der Waals surface area contributed by atoms with E-state index >= 15 is 0 Å². The van der Waals surface area contributed by atoms with E-state index in [1.807, 2.05) is 50.4 Å². The lowest BCUT2D eigenvalue weighted by Crippen LogP contribution is -2.17. The van der Waals surface area contributed by atoms with Crippen molar-refractivity contribution in [3.8, 4) is 0 Å². The van der Waals surface area contributed by atoms with Gasteiger partial charge in [-0.2, -0.15) is 0 Å². The minimum atomic E-state index is -0.00681. The number of halogens is 1. The number of hydrogen-bond donors (Lipinski definition) is 1. The molecule has 1 heterocycles. The number of benzene rings is 1. The molecule has 3 nitrogen and oxygen atoms in total. The molecule has 0 saturated heterocycles. The number of nitrogens with two attached hydrogens (primary N) is 1. The fourth-order valence-corrected chi connectivity index (χ4v) is 2.27. The quantitative estimate of drug-likeness (QED) is 0.930. The molecule has 2 aromatic rings. The normalized spacial score (nSPS) is 12.2. The molecule has 4 heteroatoms. The van der Waals surface area contributed by atoms with Crippen molar-refractivity contribution in [2.75, 3.05) is 11.9 Å². The highest BCUT2D eigenvalue weighted by atomic mass is 35.5. The predicted molar refractivity (Wildman–Crippen MR) is 80.4 cm³/mol. The highest BCUT2D eigenvalue weighted by Crippen LogP contribution is 2.28. The molecular weight excluding hydrogens is 258 g/mol. The Bertz CT molecular complexity index is 540. The third-order valence-electron chi connectivity index (χ3n) is 3.03. The van der Waals surface area contributed by atoms with Crippen molar-refractivity contribution in [2.24, 2.45) is 5.73 Å². The molecule has 0 aliphatic heterocycles. The molecule has 1 aromatic carbocycles. The molecule has 1 atom stereocenters. The third-order valence-corrected chi connectivity index (χ3v) is 3.34. The summed E-state index contributed by atoms with van der Waals surface area (Å²) in [6, 6.07) is 11.8. The second kappa shape index (κ2) is 6.04. The van der Waals surface area contributed by atoms with E-state index in [-0.39, 0.29) is 6.04 Å². The Kier molecular flexibility index (Phi) is 4.40. The first kappa shape index (κ1) is 13.8. The molecule has 0 aliphatic carbocycles. The van der Waals surface area contributed by atoms with Gasteiger partial charge in [0.25, 0.3) is 0 Å². The van der Waals surface area contributed by atoms with Gasteiger partial charge in [0.2, 0.25) is 0 Å². The lowest BCUT2D eigenvalue weighted by molar-refractivity contribution is 0.816. The first-order valence-electron chi connectivity index (χ1n) is 6.24. The molecule has 0 amide bonds. The molecule has 2 N–H and O–H groups in total. The zero-order chi connectivity index (χ0) is 13.8. The van der Waals surface area contributed by atoms with Crippen molar-refractivity contribution in [3.05, 3.63) is 58.9 Å². The smallest absolute Gasteiger partial charge is 0.0642 e. The maximum atomic E-state index is 6.32. The van der Waals surface area contributed by atoms with Gasteiger partial charge < -0.3 is 10.6 Å². The Labute approximate surface area is 119 Å². The second-order valence-corrected chi connectivity index (χ2v) is 5.08. The minimum Gasteiger partial charge on any atom is -0.367 e. The molecular formula is C15H18ClN3. The van der Waals surface area contributed by atoms with Crippen molar-refractivity contribution in [1.29, 1.82) is 0 Å². The van der Waals surface area contributed by atoms with Crippen molar-refractivity contribution in [1.82, 2.24) is 4.98 Å². The Morgan fingerprint density at radius 3 is 2.68 bits per heavy atom. The number of anilines is 1. The monoisotopic (exact) mass is 275 g/mol. The van der Waals surface area contributed by atoms with Gasteiger partial charge in [-0.3, -0.25) is 4.98 Å². The summed E-state index contributed by atoms with van der Waals surface area (Å²) in [5.41, 5.74) is 8.89. The summed E-state index contributed by atoms with van der Waals surface area (Å²) < 4.78 is 0. The van der Waals surface area contributed by atoms with Crippen LogP contribution in [-0.2, 0) is 6.54 Å². The molecule has 0 radical (unpaired) electrons. The van der Waals surface area contributed by atoms with Crippen molar-refractivity contribution in [2.45, 2.75) is 19.5 Å². The molecule has 0 bridgehead atoms. The largest absolute Gasteiger partial charge is 0.367 e. The average molecular weight is 276 g/mol. The highest BCUT2D eigenvalue weighted by molar-refractivity contribution is 6.33. The zero-order valence-corrected chi connectivity index (χ0v) is 11.9. The topological polar surface area (TPSA) is 42.1 Å². The summed E-state index contributed by atoms with van der Waals surface area (Å²) in [5.74, 6) is 0. The standard InChI is InChI=1S/C15H18ClN3/c1-11(17)12-6-7-15(14(16)9-12)19(2)10-13-5-3-4-8-18-13/h3-9,11H,10,17H2,1-2H3/t11-/m1/s1. The van der Waals surface area contributed by atoms with Crippen LogP contribution in [0.2, 0.25) is 5.02 Å². The van der Waals surface area contributed by atoms with Gasteiger partial charge in [-0.25, -0.2) is 0 Å². The first-order valence-corrected chi connectivity index (χ1v) is 6.62. The Morgan fingerprint density at radius 2 is 2.11 bits per heavy atom. The average Bonchev–Trinajstić information content (AvgIpc) is 2.39. The first-order chi connectivity index (χ1) is 9.08. The van der Waals surface area contributed by atoms with E-state index in [2.05, 4.69) is 9.88 Å². The van der Waals surface area contributed by atoms with Gasteiger partial charge in [0.05, 0.1) is 22.9 Å². The van der Waals surface area contributed by atoms with E-state index in [1.54, 1.807) is 6.20 Å². The van der Waals surface area contributed by atoms with Crippen LogP contribution in [0, 0.1) is 0 Å². The van der Waals surface area contributed by atoms with Gasteiger partial charge in [0.1, 0.15) is 0 Å². The van der Waals surface area contributed by atoms with Crippen molar-refractivity contribution in [3.63, 3.8) is 0 Å². The Balaban J connectivity index is 2.17. The third kappa shape index (κ3) is 3.46. The van der Waals surface area contributed by atoms with Crippen LogP contribution in [0.1, 0.15) is 24.2 Å². The molecule has 2 rings (SSSR count). The van der Waals surface area contributed by atoms with Gasteiger partial charge in [-0.05, 0) is 36.8 Å². The lowest BCUT2D eigenvalue weighted by atomic mass is 10.1. The van der Waals surface area contributed by atoms with E-state index in [0.29, 0.717) is 5.02 Å². The van der Waals surface area contributed by atoms with E-state index in [1.165, 1.54) is 0 Å². The number of hydrogen-bond acceptors (Lipinski definition) is 3. The van der Waals surface area contributed by atoms with Crippen LogP contribution in [0.4, 0.5) is 5.69 Å². The number of pyridine rings is 1. The molecule has 0 fully saturated rings. The molecule has 0 saturated carbocycles. The van der Waals surface area contributed by atoms with Crippen LogP contribution in [-0.4, -0.2) is 12.0 Å². The van der Waals surface area contributed by atoms with E-state index < -0.39 is 0 Å². The van der Waals surface area contributed by atoms with Crippen LogP contribution in [0.15, 0.2) is 42.6 Å². The minimum absolute atomic E-state index is 0.00681. The maximum absolute atomic E-state index is 6.32. The lowest BCUT2D eigenvalue weighted by Gasteiger charge is -2.21. The Hall–Kier alpha value is -1.58. The van der Waals surface area contributed by atoms with Crippen molar-refractivity contribution >= 4 is 17.3 Å². The summed E-state index contributed by atoms with van der Waals surface area (Å²) in [5, 5.41) is 0.716. The fraction of sp³-hybridized carbons (Fsp3) is 0.267. The van der Waals surface area contributed by atoms with Gasteiger partial charge in [-0.1, -0.05) is 23.7 Å². The predicted octanol–water partition coefficient (Wildman–Crippen LogP) is 3.39. The highest BCUT2D eigenvalue weighted by Gasteiger charge is 2.09. The van der Waals surface area contributed by atoms with Crippen LogP contribution < -0.4 is 10.6 Å². The maximum Gasteiger partial charge on any atom is 0.0642 e. The zero-order valence-electron chi connectivity index (χ0n) is 11.2. The SMILES string of the molecule is C[C@@H](N)c1ccc(N(C)Cc2ccccn2)c(Cl)c1. The van der Waals surface area contributed by atoms with Gasteiger partial charge >= 0.3 is 0 Å². The molecule has 100 valence electrons.